The van der Waals surface area contributed by atoms with Crippen LogP contribution in [0.3, 0.4) is 0 Å². The molecular formula is C10H10N6O2. The number of rotatable bonds is 4. The van der Waals surface area contributed by atoms with Crippen molar-refractivity contribution in [3.8, 4) is 6.07 Å². The van der Waals surface area contributed by atoms with Gasteiger partial charge in [-0.3, -0.25) is 20.9 Å². The Balaban J connectivity index is 3.05. The molecule has 0 aliphatic rings. The Hall–Kier alpha value is -2.95. The number of hydrazone groups is 1. The summed E-state index contributed by atoms with van der Waals surface area (Å²) < 4.78 is 0. The molecule has 4 N–H and O–H groups in total. The van der Waals surface area contributed by atoms with E-state index in [0.717, 1.165) is 0 Å². The number of benzene rings is 1. The molecule has 0 aliphatic carbocycles. The first-order valence-electron chi connectivity index (χ1n) is 4.79. The highest BCUT2D eigenvalue weighted by atomic mass is 16.6. The lowest BCUT2D eigenvalue weighted by Gasteiger charge is -2.04. The Morgan fingerprint density at radius 3 is 2.83 bits per heavy atom. The topological polar surface area (TPSA) is 141 Å². The first-order valence-corrected chi connectivity index (χ1v) is 4.79. The van der Waals surface area contributed by atoms with Gasteiger partial charge in [0.25, 0.3) is 5.69 Å². The Kier molecular flexibility index (Phi) is 3.93. The summed E-state index contributed by atoms with van der Waals surface area (Å²) in [6.07, 6.45) is 0. The van der Waals surface area contributed by atoms with Crippen molar-refractivity contribution >= 4 is 22.9 Å². The third-order valence-corrected chi connectivity index (χ3v) is 2.08. The molecular weight excluding hydrogens is 236 g/mol. The molecule has 0 bridgehead atoms. The third-order valence-electron chi connectivity index (χ3n) is 2.08. The first-order chi connectivity index (χ1) is 8.45. The van der Waals surface area contributed by atoms with Crippen LogP contribution in [-0.4, -0.2) is 16.5 Å². The zero-order chi connectivity index (χ0) is 13.7. The zero-order valence-corrected chi connectivity index (χ0v) is 9.47. The van der Waals surface area contributed by atoms with E-state index in [2.05, 4.69) is 10.5 Å². The van der Waals surface area contributed by atoms with Gasteiger partial charge >= 0.3 is 0 Å². The Morgan fingerprint density at radius 2 is 2.33 bits per heavy atom. The molecule has 1 rings (SSSR count). The quantitative estimate of drug-likeness (QED) is 0.316. The third kappa shape index (κ3) is 3.02. The summed E-state index contributed by atoms with van der Waals surface area (Å²) >= 11 is 0. The van der Waals surface area contributed by atoms with Crippen LogP contribution < -0.4 is 11.2 Å². The Bertz CT molecular complexity index is 572. The van der Waals surface area contributed by atoms with Crippen LogP contribution in [0.25, 0.3) is 0 Å². The zero-order valence-electron chi connectivity index (χ0n) is 9.47. The fourth-order valence-corrected chi connectivity index (χ4v) is 1.11. The molecule has 0 saturated carbocycles. The fraction of sp³-hybridized carbons (Fsp3) is 0.100. The number of anilines is 1. The molecule has 0 unspecified atom stereocenters. The van der Waals surface area contributed by atoms with E-state index in [9.17, 15) is 10.1 Å². The number of hydrogen-bond acceptors (Lipinski definition) is 6. The minimum absolute atomic E-state index is 0.0976. The number of nitrogens with one attached hydrogen (secondary N) is 2. The number of nitro groups is 1. The molecule has 8 heteroatoms. The maximum atomic E-state index is 10.6. The standard InChI is InChI=1S/C10H10N6O2/c1-6-2-3-7(16(17)18)4-8(6)14-15-9(5-11)10(12)13/h2-4,14H,1H3,(H3,12,13)/b15-9+. The number of nitro benzene ring substituents is 1. The highest BCUT2D eigenvalue weighted by Gasteiger charge is 2.08. The normalized spacial score (nSPS) is 10.6. The van der Waals surface area contributed by atoms with Crippen LogP contribution in [0.5, 0.6) is 0 Å². The van der Waals surface area contributed by atoms with Crippen LogP contribution in [0.1, 0.15) is 5.56 Å². The lowest BCUT2D eigenvalue weighted by atomic mass is 10.2. The highest BCUT2D eigenvalue weighted by molar-refractivity contribution is 6.45. The van der Waals surface area contributed by atoms with Crippen molar-refractivity contribution in [2.75, 3.05) is 5.43 Å². The predicted molar refractivity (Wildman–Crippen MR) is 66.4 cm³/mol. The molecule has 8 nitrogen and oxygen atoms in total. The van der Waals surface area contributed by atoms with Gasteiger partial charge in [-0.25, -0.2) is 0 Å². The maximum absolute atomic E-state index is 10.6. The molecule has 0 fully saturated rings. The summed E-state index contributed by atoms with van der Waals surface area (Å²) in [7, 11) is 0. The Morgan fingerprint density at radius 1 is 1.67 bits per heavy atom. The SMILES string of the molecule is Cc1ccc([N+](=O)[O-])cc1N/N=C(\C#N)C(=N)N. The molecule has 0 atom stereocenters. The average Bonchev–Trinajstić information content (AvgIpc) is 2.31. The van der Waals surface area contributed by atoms with E-state index in [1.54, 1.807) is 19.1 Å². The molecule has 92 valence electrons. The second-order valence-corrected chi connectivity index (χ2v) is 3.35. The monoisotopic (exact) mass is 246 g/mol. The summed E-state index contributed by atoms with van der Waals surface area (Å²) in [5.74, 6) is -0.479. The number of non-ortho nitro benzene ring substituents is 1. The Labute approximate surface area is 102 Å². The number of nitriles is 1. The van der Waals surface area contributed by atoms with Crippen molar-refractivity contribution in [3.63, 3.8) is 0 Å². The van der Waals surface area contributed by atoms with Gasteiger partial charge in [-0.1, -0.05) is 6.07 Å². The van der Waals surface area contributed by atoms with Gasteiger partial charge in [-0.15, -0.1) is 0 Å². The van der Waals surface area contributed by atoms with Gasteiger partial charge in [0, 0.05) is 12.1 Å². The van der Waals surface area contributed by atoms with E-state index in [1.807, 2.05) is 0 Å². The van der Waals surface area contributed by atoms with Gasteiger partial charge in [-0.2, -0.15) is 10.4 Å². The number of amidine groups is 1. The number of hydrogen-bond donors (Lipinski definition) is 3. The molecule has 0 heterocycles. The van der Waals surface area contributed by atoms with Gasteiger partial charge in [0.15, 0.2) is 5.84 Å². The van der Waals surface area contributed by atoms with Crippen molar-refractivity contribution in [3.05, 3.63) is 33.9 Å². The molecule has 0 aromatic heterocycles. The molecule has 0 radical (unpaired) electrons. The van der Waals surface area contributed by atoms with Crippen LogP contribution in [0.4, 0.5) is 11.4 Å². The molecule has 0 saturated heterocycles. The highest BCUT2D eigenvalue weighted by Crippen LogP contribution is 2.21. The lowest BCUT2D eigenvalue weighted by molar-refractivity contribution is -0.384. The van der Waals surface area contributed by atoms with E-state index < -0.39 is 10.8 Å². The lowest BCUT2D eigenvalue weighted by Crippen LogP contribution is -2.21. The minimum Gasteiger partial charge on any atom is -0.382 e. The average molecular weight is 246 g/mol. The second-order valence-electron chi connectivity index (χ2n) is 3.35. The van der Waals surface area contributed by atoms with E-state index in [4.69, 9.17) is 16.4 Å². The van der Waals surface area contributed by atoms with Gasteiger partial charge in [0.05, 0.1) is 10.6 Å². The molecule has 1 aromatic rings. The smallest absolute Gasteiger partial charge is 0.271 e. The summed E-state index contributed by atoms with van der Waals surface area (Å²) in [5.41, 5.74) is 8.29. The summed E-state index contributed by atoms with van der Waals surface area (Å²) in [6, 6.07) is 5.83. The van der Waals surface area contributed by atoms with E-state index in [-0.39, 0.29) is 11.4 Å². The molecule has 18 heavy (non-hydrogen) atoms. The first kappa shape index (κ1) is 13.1. The van der Waals surface area contributed by atoms with E-state index in [0.29, 0.717) is 11.3 Å². The predicted octanol–water partition coefficient (Wildman–Crippen LogP) is 1.13. The van der Waals surface area contributed by atoms with E-state index >= 15 is 0 Å². The number of aryl methyl sites for hydroxylation is 1. The van der Waals surface area contributed by atoms with Crippen molar-refractivity contribution in [2.45, 2.75) is 6.92 Å². The summed E-state index contributed by atoms with van der Waals surface area (Å²) in [5, 5.41) is 29.9. The summed E-state index contributed by atoms with van der Waals surface area (Å²) in [6.45, 7) is 1.72. The van der Waals surface area contributed by atoms with Crippen molar-refractivity contribution in [2.24, 2.45) is 10.8 Å². The van der Waals surface area contributed by atoms with Crippen LogP contribution in [0.15, 0.2) is 23.3 Å². The molecule has 1 aromatic carbocycles. The van der Waals surface area contributed by atoms with Gasteiger partial charge < -0.3 is 5.73 Å². The van der Waals surface area contributed by atoms with Gasteiger partial charge in [-0.05, 0) is 12.5 Å². The van der Waals surface area contributed by atoms with Gasteiger partial charge in [0.1, 0.15) is 6.07 Å². The van der Waals surface area contributed by atoms with Crippen LogP contribution in [0.2, 0.25) is 0 Å². The minimum atomic E-state index is -0.537. The second kappa shape index (κ2) is 5.40. The number of nitrogens with zero attached hydrogens (tertiary/aromatic N) is 3. The fourth-order valence-electron chi connectivity index (χ4n) is 1.11. The molecule has 0 spiro atoms. The van der Waals surface area contributed by atoms with E-state index in [1.165, 1.54) is 12.1 Å². The number of nitrogens with two attached hydrogens (primary N) is 1. The van der Waals surface area contributed by atoms with Crippen LogP contribution in [0, 0.1) is 33.8 Å². The molecule has 0 aliphatic heterocycles. The van der Waals surface area contributed by atoms with Crippen LogP contribution in [-0.2, 0) is 0 Å². The van der Waals surface area contributed by atoms with Crippen molar-refractivity contribution in [1.82, 2.24) is 0 Å². The summed E-state index contributed by atoms with van der Waals surface area (Å²) in [4.78, 5) is 10.1. The van der Waals surface area contributed by atoms with Crippen molar-refractivity contribution in [1.29, 1.82) is 10.7 Å². The largest absolute Gasteiger partial charge is 0.382 e. The van der Waals surface area contributed by atoms with Crippen LogP contribution >= 0.6 is 0 Å². The molecule has 0 amide bonds. The van der Waals surface area contributed by atoms with Gasteiger partial charge in [0.2, 0.25) is 5.71 Å². The maximum Gasteiger partial charge on any atom is 0.271 e. The van der Waals surface area contributed by atoms with Crippen molar-refractivity contribution < 1.29 is 4.92 Å².